The van der Waals surface area contributed by atoms with Gasteiger partial charge >= 0.3 is 6.18 Å². The standard InChI is InChI=1S/C14H17F3N2O3/c1-8(2)22-11-5-9(14(15,16)17)4-10(6-11)19-13(21)7-12(20)18-3/h4-6,8H,7H2,1-3H3,(H,18,20)(H,19,21). The second kappa shape index (κ2) is 7.15. The first-order valence-corrected chi connectivity index (χ1v) is 6.51. The van der Waals surface area contributed by atoms with Crippen molar-refractivity contribution in [3.8, 4) is 5.75 Å². The number of carbonyl (C=O) groups is 2. The highest BCUT2D eigenvalue weighted by Gasteiger charge is 2.31. The smallest absolute Gasteiger partial charge is 0.416 e. The van der Waals surface area contributed by atoms with E-state index in [1.165, 1.54) is 13.1 Å². The van der Waals surface area contributed by atoms with Crippen LogP contribution in [0.25, 0.3) is 0 Å². The van der Waals surface area contributed by atoms with Crippen LogP contribution in [0.3, 0.4) is 0 Å². The number of hydrogen-bond acceptors (Lipinski definition) is 3. The van der Waals surface area contributed by atoms with Crippen molar-refractivity contribution < 1.29 is 27.5 Å². The largest absolute Gasteiger partial charge is 0.491 e. The van der Waals surface area contributed by atoms with E-state index in [-0.39, 0.29) is 17.5 Å². The lowest BCUT2D eigenvalue weighted by Crippen LogP contribution is -2.25. The molecule has 0 unspecified atom stereocenters. The van der Waals surface area contributed by atoms with Crippen LogP contribution in [0, 0.1) is 0 Å². The van der Waals surface area contributed by atoms with Crippen LogP contribution in [0.15, 0.2) is 18.2 Å². The Hall–Kier alpha value is -2.25. The minimum Gasteiger partial charge on any atom is -0.491 e. The van der Waals surface area contributed by atoms with Gasteiger partial charge in [-0.3, -0.25) is 9.59 Å². The molecular weight excluding hydrogens is 301 g/mol. The number of nitrogens with one attached hydrogen (secondary N) is 2. The molecule has 0 aromatic heterocycles. The van der Waals surface area contributed by atoms with Gasteiger partial charge < -0.3 is 15.4 Å². The van der Waals surface area contributed by atoms with E-state index in [1.54, 1.807) is 13.8 Å². The zero-order valence-electron chi connectivity index (χ0n) is 12.4. The fraction of sp³-hybridized carbons (Fsp3) is 0.429. The van der Waals surface area contributed by atoms with Crippen molar-refractivity contribution in [2.45, 2.75) is 32.5 Å². The van der Waals surface area contributed by atoms with Crippen molar-refractivity contribution in [3.63, 3.8) is 0 Å². The molecule has 1 aromatic rings. The first kappa shape index (κ1) is 17.8. The number of benzene rings is 1. The molecule has 1 aromatic carbocycles. The second-order valence-electron chi connectivity index (χ2n) is 4.81. The van der Waals surface area contributed by atoms with Gasteiger partial charge in [-0.1, -0.05) is 0 Å². The van der Waals surface area contributed by atoms with E-state index in [0.717, 1.165) is 12.1 Å². The van der Waals surface area contributed by atoms with Crippen molar-refractivity contribution in [2.75, 3.05) is 12.4 Å². The normalized spacial score (nSPS) is 11.2. The zero-order valence-corrected chi connectivity index (χ0v) is 12.4. The highest BCUT2D eigenvalue weighted by Crippen LogP contribution is 2.34. The third-order valence-electron chi connectivity index (χ3n) is 2.49. The molecule has 5 nitrogen and oxygen atoms in total. The number of halogens is 3. The van der Waals surface area contributed by atoms with Gasteiger partial charge in [0.15, 0.2) is 0 Å². The quantitative estimate of drug-likeness (QED) is 0.820. The van der Waals surface area contributed by atoms with Gasteiger partial charge in [0, 0.05) is 18.8 Å². The molecule has 0 aliphatic rings. The van der Waals surface area contributed by atoms with E-state index in [4.69, 9.17) is 4.74 Å². The van der Waals surface area contributed by atoms with Crippen LogP contribution in [0.2, 0.25) is 0 Å². The highest BCUT2D eigenvalue weighted by molar-refractivity contribution is 6.03. The van der Waals surface area contributed by atoms with Crippen LogP contribution < -0.4 is 15.4 Å². The number of ether oxygens (including phenoxy) is 1. The highest BCUT2D eigenvalue weighted by atomic mass is 19.4. The number of carbonyl (C=O) groups excluding carboxylic acids is 2. The lowest BCUT2D eigenvalue weighted by molar-refractivity contribution is -0.137. The Morgan fingerprint density at radius 3 is 2.32 bits per heavy atom. The van der Waals surface area contributed by atoms with E-state index in [2.05, 4.69) is 10.6 Å². The van der Waals surface area contributed by atoms with Gasteiger partial charge in [-0.05, 0) is 26.0 Å². The summed E-state index contributed by atoms with van der Waals surface area (Å²) in [4.78, 5) is 22.7. The summed E-state index contributed by atoms with van der Waals surface area (Å²) in [6.07, 6.45) is -5.37. The molecule has 0 fully saturated rings. The molecule has 1 rings (SSSR count). The molecule has 0 radical (unpaired) electrons. The fourth-order valence-electron chi connectivity index (χ4n) is 1.61. The monoisotopic (exact) mass is 318 g/mol. The van der Waals surface area contributed by atoms with Gasteiger partial charge in [0.2, 0.25) is 11.8 Å². The Morgan fingerprint density at radius 1 is 1.18 bits per heavy atom. The number of hydrogen-bond donors (Lipinski definition) is 2. The Labute approximate surface area is 125 Å². The Bertz CT molecular complexity index is 557. The molecule has 2 amide bonds. The van der Waals surface area contributed by atoms with Gasteiger partial charge in [-0.15, -0.1) is 0 Å². The molecule has 0 aliphatic carbocycles. The number of rotatable bonds is 5. The third-order valence-corrected chi connectivity index (χ3v) is 2.49. The zero-order chi connectivity index (χ0) is 16.9. The van der Waals surface area contributed by atoms with Crippen LogP contribution >= 0.6 is 0 Å². The summed E-state index contributed by atoms with van der Waals surface area (Å²) in [6.45, 7) is 3.34. The number of alkyl halides is 3. The van der Waals surface area contributed by atoms with Crippen molar-refractivity contribution in [1.82, 2.24) is 5.32 Å². The first-order valence-electron chi connectivity index (χ1n) is 6.51. The van der Waals surface area contributed by atoms with Crippen LogP contribution in [0.5, 0.6) is 5.75 Å². The van der Waals surface area contributed by atoms with E-state index >= 15 is 0 Å². The van der Waals surface area contributed by atoms with Gasteiger partial charge in [0.25, 0.3) is 0 Å². The summed E-state index contributed by atoms with van der Waals surface area (Å²) >= 11 is 0. The summed E-state index contributed by atoms with van der Waals surface area (Å²) < 4.78 is 43.8. The Morgan fingerprint density at radius 2 is 1.82 bits per heavy atom. The average molecular weight is 318 g/mol. The first-order chi connectivity index (χ1) is 10.1. The molecule has 0 saturated heterocycles. The third kappa shape index (κ3) is 5.63. The molecule has 22 heavy (non-hydrogen) atoms. The van der Waals surface area contributed by atoms with Crippen molar-refractivity contribution in [3.05, 3.63) is 23.8 Å². The van der Waals surface area contributed by atoms with Gasteiger partial charge in [0.1, 0.15) is 12.2 Å². The molecule has 0 saturated carbocycles. The molecule has 0 heterocycles. The topological polar surface area (TPSA) is 67.4 Å². The van der Waals surface area contributed by atoms with Gasteiger partial charge in [-0.2, -0.15) is 13.2 Å². The summed E-state index contributed by atoms with van der Waals surface area (Å²) in [5, 5.41) is 4.50. The number of anilines is 1. The minimum absolute atomic E-state index is 0.0138. The maximum atomic E-state index is 12.9. The predicted molar refractivity (Wildman–Crippen MR) is 74.5 cm³/mol. The lowest BCUT2D eigenvalue weighted by Gasteiger charge is -2.15. The average Bonchev–Trinajstić information content (AvgIpc) is 2.36. The SMILES string of the molecule is CNC(=O)CC(=O)Nc1cc(OC(C)C)cc(C(F)(F)F)c1. The summed E-state index contributed by atoms with van der Waals surface area (Å²) in [5.74, 6) is -1.27. The molecule has 0 atom stereocenters. The molecule has 8 heteroatoms. The second-order valence-corrected chi connectivity index (χ2v) is 4.81. The maximum Gasteiger partial charge on any atom is 0.416 e. The van der Waals surface area contributed by atoms with E-state index in [1.807, 2.05) is 0 Å². The lowest BCUT2D eigenvalue weighted by atomic mass is 10.1. The maximum absolute atomic E-state index is 12.9. The van der Waals surface area contributed by atoms with Crippen LogP contribution in [-0.2, 0) is 15.8 Å². The van der Waals surface area contributed by atoms with Crippen molar-refractivity contribution >= 4 is 17.5 Å². The van der Waals surface area contributed by atoms with E-state index < -0.39 is 30.0 Å². The van der Waals surface area contributed by atoms with E-state index in [9.17, 15) is 22.8 Å². The molecule has 0 bridgehead atoms. The number of amides is 2. The van der Waals surface area contributed by atoms with Crippen LogP contribution in [0.4, 0.5) is 18.9 Å². The molecule has 0 aliphatic heterocycles. The van der Waals surface area contributed by atoms with Crippen LogP contribution in [0.1, 0.15) is 25.8 Å². The fourth-order valence-corrected chi connectivity index (χ4v) is 1.61. The molecule has 2 N–H and O–H groups in total. The van der Waals surface area contributed by atoms with Gasteiger partial charge in [0.05, 0.1) is 11.7 Å². The summed E-state index contributed by atoms with van der Waals surface area (Å²) in [5.41, 5.74) is -1.03. The Kier molecular flexibility index (Phi) is 5.78. The summed E-state index contributed by atoms with van der Waals surface area (Å²) in [7, 11) is 1.36. The molecule has 122 valence electrons. The summed E-state index contributed by atoms with van der Waals surface area (Å²) in [6, 6.07) is 2.92. The molecule has 0 spiro atoms. The Balaban J connectivity index is 3.02. The van der Waals surface area contributed by atoms with Crippen LogP contribution in [-0.4, -0.2) is 25.0 Å². The van der Waals surface area contributed by atoms with Crippen molar-refractivity contribution in [1.29, 1.82) is 0 Å². The minimum atomic E-state index is -4.57. The van der Waals surface area contributed by atoms with Crippen molar-refractivity contribution in [2.24, 2.45) is 0 Å². The van der Waals surface area contributed by atoms with E-state index in [0.29, 0.717) is 0 Å². The molecular formula is C14H17F3N2O3. The van der Waals surface area contributed by atoms with Gasteiger partial charge in [-0.25, -0.2) is 0 Å². The predicted octanol–water partition coefficient (Wildman–Crippen LogP) is 2.57.